The zero-order chi connectivity index (χ0) is 81.7. The fourth-order valence-electron chi connectivity index (χ4n) is 19.1. The van der Waals surface area contributed by atoms with Crippen LogP contribution >= 0.6 is 0 Å². The van der Waals surface area contributed by atoms with Crippen molar-refractivity contribution >= 4 is 143 Å². The highest BCUT2D eigenvalue weighted by atomic mass is 16.3. The fraction of sp³-hybridized carbons (Fsp3) is 0. The van der Waals surface area contributed by atoms with Crippen molar-refractivity contribution in [1.82, 2.24) is 0 Å². The number of furan rings is 2. The molecule has 0 N–H and O–H groups in total. The summed E-state index contributed by atoms with van der Waals surface area (Å²) in [4.78, 5) is 4.82. The van der Waals surface area contributed by atoms with Crippen LogP contribution in [0.3, 0.4) is 0 Å². The molecule has 0 saturated heterocycles. The van der Waals surface area contributed by atoms with Crippen molar-refractivity contribution in [2.45, 2.75) is 0 Å². The number of anilines is 6. The summed E-state index contributed by atoms with van der Waals surface area (Å²) in [5, 5.41) is 18.5. The minimum atomic E-state index is 0.838. The zero-order valence-electron chi connectivity index (χ0n) is 67.6. The van der Waals surface area contributed by atoms with E-state index in [4.69, 9.17) is 8.83 Å². The molecule has 0 aliphatic heterocycles. The molecule has 0 saturated carbocycles. The Morgan fingerprint density at radius 3 is 1.01 bits per heavy atom. The average molecular weight is 1580 g/mol. The molecular formula is C120H76N2O2. The van der Waals surface area contributed by atoms with Crippen LogP contribution in [0.4, 0.5) is 34.1 Å². The Labute approximate surface area is 717 Å². The lowest BCUT2D eigenvalue weighted by Gasteiger charge is -2.28. The molecule has 2 heterocycles. The summed E-state index contributed by atoms with van der Waals surface area (Å²) in [6.07, 6.45) is 0. The van der Waals surface area contributed by atoms with Crippen molar-refractivity contribution in [1.29, 1.82) is 0 Å². The summed E-state index contributed by atoms with van der Waals surface area (Å²) >= 11 is 0. The van der Waals surface area contributed by atoms with Crippen LogP contribution < -0.4 is 9.80 Å². The van der Waals surface area contributed by atoms with Crippen molar-refractivity contribution in [2.24, 2.45) is 0 Å². The molecule has 4 heteroatoms. The highest BCUT2D eigenvalue weighted by molar-refractivity contribution is 6.22. The third kappa shape index (κ3) is 12.7. The molecule has 4 nitrogen and oxygen atoms in total. The highest BCUT2D eigenvalue weighted by Crippen LogP contribution is 2.50. The predicted molar refractivity (Wildman–Crippen MR) is 524 cm³/mol. The molecule has 0 amide bonds. The Hall–Kier alpha value is -16.4. The SMILES string of the molecule is c1cc(-c2ccc(N(c3ccc(-c4ccc5ccccc5c4)cc3)c3ccccc3-c3ccc4oc5c6ccccc6cc(-c6ccc7cc(-c8cccc(-c9ccc(N(c%10ccc(-c%11cccc%12ccccc%11%12)cc%10)c%10ccccc%10-c%10ccc%11oc%12c%13ccccc%13ccc%12c%11c%10)cc9)c8)ccc7c6)c5c4c3)cc2)cc(-c2ccc3ccccc3c2)c1. The minimum absolute atomic E-state index is 0.838. The molecule has 0 bridgehead atoms. The van der Waals surface area contributed by atoms with Crippen LogP contribution in [-0.2, 0) is 0 Å². The average Bonchev–Trinajstić information content (AvgIpc) is 1.56. The Balaban J connectivity index is 0.559. The third-order valence-corrected chi connectivity index (χ3v) is 25.4. The summed E-state index contributed by atoms with van der Waals surface area (Å²) in [7, 11) is 0. The van der Waals surface area contributed by atoms with Crippen LogP contribution in [0.1, 0.15) is 0 Å². The van der Waals surface area contributed by atoms with Gasteiger partial charge >= 0.3 is 0 Å². The first-order chi connectivity index (χ1) is 61.4. The lowest BCUT2D eigenvalue weighted by molar-refractivity contribution is 0.672. The smallest absolute Gasteiger partial charge is 0.143 e. The summed E-state index contributed by atoms with van der Waals surface area (Å²) in [6, 6.07) is 169. The molecule has 24 aromatic rings. The Kier molecular flexibility index (Phi) is 17.2. The third-order valence-electron chi connectivity index (χ3n) is 25.4. The number of nitrogens with zero attached hydrogens (tertiary/aromatic N) is 2. The molecule has 2 aromatic heterocycles. The van der Waals surface area contributed by atoms with E-state index in [1.165, 1.54) is 60.1 Å². The molecular weight excluding hydrogens is 1500 g/mol. The first-order valence-electron chi connectivity index (χ1n) is 42.5. The van der Waals surface area contributed by atoms with Crippen LogP contribution in [0.5, 0.6) is 0 Å². The lowest BCUT2D eigenvalue weighted by atomic mass is 9.92. The molecule has 0 atom stereocenters. The van der Waals surface area contributed by atoms with Gasteiger partial charge in [0, 0.05) is 66.2 Å². The molecule has 0 spiro atoms. The summed E-state index contributed by atoms with van der Waals surface area (Å²) in [5.74, 6) is 0. The Bertz CT molecular complexity index is 8360. The van der Waals surface area contributed by atoms with Gasteiger partial charge in [-0.25, -0.2) is 0 Å². The van der Waals surface area contributed by atoms with Crippen LogP contribution in [-0.4, -0.2) is 0 Å². The fourth-order valence-corrected chi connectivity index (χ4v) is 19.1. The lowest BCUT2D eigenvalue weighted by Crippen LogP contribution is -2.11. The Morgan fingerprint density at radius 2 is 0.468 bits per heavy atom. The van der Waals surface area contributed by atoms with E-state index in [0.717, 1.165) is 183 Å². The second-order valence-corrected chi connectivity index (χ2v) is 32.6. The number of benzene rings is 22. The van der Waals surface area contributed by atoms with E-state index in [2.05, 4.69) is 471 Å². The van der Waals surface area contributed by atoms with Crippen molar-refractivity contribution in [3.63, 3.8) is 0 Å². The Morgan fingerprint density at radius 1 is 0.145 bits per heavy atom. The van der Waals surface area contributed by atoms with Crippen molar-refractivity contribution < 1.29 is 8.83 Å². The van der Waals surface area contributed by atoms with Gasteiger partial charge in [0.1, 0.15) is 22.3 Å². The highest BCUT2D eigenvalue weighted by Gasteiger charge is 2.25. The number of rotatable bonds is 15. The van der Waals surface area contributed by atoms with E-state index in [-0.39, 0.29) is 0 Å². The molecule has 0 aliphatic rings. The summed E-state index contributed by atoms with van der Waals surface area (Å²) < 4.78 is 13.8. The van der Waals surface area contributed by atoms with Gasteiger partial charge in [-0.3, -0.25) is 0 Å². The van der Waals surface area contributed by atoms with Gasteiger partial charge < -0.3 is 18.6 Å². The quantitative estimate of drug-likeness (QED) is 0.102. The minimum Gasteiger partial charge on any atom is -0.455 e. The molecule has 0 unspecified atom stereocenters. The second-order valence-electron chi connectivity index (χ2n) is 32.6. The number of hydrogen-bond acceptors (Lipinski definition) is 4. The molecule has 124 heavy (non-hydrogen) atoms. The van der Waals surface area contributed by atoms with Gasteiger partial charge in [-0.2, -0.15) is 0 Å². The first kappa shape index (κ1) is 71.7. The zero-order valence-corrected chi connectivity index (χ0v) is 67.6. The van der Waals surface area contributed by atoms with Crippen molar-refractivity contribution in [3.8, 4) is 100 Å². The molecule has 0 radical (unpaired) electrons. The standard InChI is InChI=1S/C120H76N2O2/c1-3-22-85-70-91(40-38-77(85)18-1)81-50-61-102(62-51-81)121(100-57-46-79(47-58-100)87-26-15-28-89(68-87)92-41-39-78-19-2-4-23-86(78)71-92)115-37-14-12-32-107(115)99-56-67-117-113(76-99)118-111(74-96-24-7-10-34-109(96)120(118)124-117)97-45-44-94-72-93(42-43-95(94)73-97)90-29-16-27-88(69-90)80-48-59-101(60-49-80)122(103-63-52-84(53-64-103)105-35-17-25-82-20-5-8-30-104(82)105)114-36-13-11-31-106(114)98-55-66-116-112(75-98)110-65-54-83-21-6-9-33-108(83)119(110)123-116/h1-76H. The van der Waals surface area contributed by atoms with Gasteiger partial charge in [0.2, 0.25) is 0 Å². The largest absolute Gasteiger partial charge is 0.455 e. The number of fused-ring (bicyclic) bond motifs is 14. The van der Waals surface area contributed by atoms with Gasteiger partial charge in [0.05, 0.1) is 11.4 Å². The predicted octanol–water partition coefficient (Wildman–Crippen LogP) is 34.3. The van der Waals surface area contributed by atoms with Gasteiger partial charge in [-0.15, -0.1) is 0 Å². The van der Waals surface area contributed by atoms with Crippen LogP contribution in [0.25, 0.3) is 209 Å². The number of hydrogen-bond donors (Lipinski definition) is 0. The molecule has 22 aromatic carbocycles. The van der Waals surface area contributed by atoms with Crippen molar-refractivity contribution in [3.05, 3.63) is 461 Å². The molecule has 0 aliphatic carbocycles. The van der Waals surface area contributed by atoms with Gasteiger partial charge in [0.25, 0.3) is 0 Å². The molecule has 578 valence electrons. The van der Waals surface area contributed by atoms with Gasteiger partial charge in [0.15, 0.2) is 0 Å². The summed E-state index contributed by atoms with van der Waals surface area (Å²) in [6.45, 7) is 0. The van der Waals surface area contributed by atoms with Crippen LogP contribution in [0, 0.1) is 0 Å². The molecule has 24 rings (SSSR count). The maximum absolute atomic E-state index is 7.11. The van der Waals surface area contributed by atoms with E-state index in [0.29, 0.717) is 0 Å². The van der Waals surface area contributed by atoms with Crippen molar-refractivity contribution in [2.75, 3.05) is 9.80 Å². The van der Waals surface area contributed by atoms with Crippen LogP contribution in [0.2, 0.25) is 0 Å². The van der Waals surface area contributed by atoms with E-state index in [1.54, 1.807) is 0 Å². The van der Waals surface area contributed by atoms with E-state index in [1.807, 2.05) is 0 Å². The van der Waals surface area contributed by atoms with E-state index in [9.17, 15) is 0 Å². The second kappa shape index (κ2) is 29.8. The maximum atomic E-state index is 7.11. The summed E-state index contributed by atoms with van der Waals surface area (Å²) in [5.41, 5.74) is 30.4. The van der Waals surface area contributed by atoms with Crippen LogP contribution in [0.15, 0.2) is 470 Å². The molecule has 0 fully saturated rings. The van der Waals surface area contributed by atoms with E-state index < -0.39 is 0 Å². The van der Waals surface area contributed by atoms with Gasteiger partial charge in [-0.1, -0.05) is 328 Å². The monoisotopic (exact) mass is 1580 g/mol. The maximum Gasteiger partial charge on any atom is 0.143 e. The van der Waals surface area contributed by atoms with E-state index >= 15 is 0 Å². The first-order valence-corrected chi connectivity index (χ1v) is 42.5. The van der Waals surface area contributed by atoms with Gasteiger partial charge in [-0.05, 0) is 276 Å². The topological polar surface area (TPSA) is 32.8 Å². The number of para-hydroxylation sites is 2. The normalized spacial score (nSPS) is 11.7.